The number of ether oxygens (including phenoxy) is 2. The number of hydrogen-bond acceptors (Lipinski definition) is 3. The first-order valence-electron chi connectivity index (χ1n) is 8.10. The number of fused-ring (bicyclic) bond motifs is 3. The van der Waals surface area contributed by atoms with E-state index in [-0.39, 0.29) is 11.8 Å². The third-order valence-corrected chi connectivity index (χ3v) is 5.48. The third kappa shape index (κ3) is 2.54. The molecule has 3 unspecified atom stereocenters. The van der Waals surface area contributed by atoms with Gasteiger partial charge >= 0.3 is 0 Å². The maximum Gasteiger partial charge on any atom is 0.227 e. The molecule has 0 spiro atoms. The van der Waals surface area contributed by atoms with E-state index in [2.05, 4.69) is 5.32 Å². The molecule has 2 aliphatic carbocycles. The predicted molar refractivity (Wildman–Crippen MR) is 84.6 cm³/mol. The first-order valence-corrected chi connectivity index (χ1v) is 8.48. The highest BCUT2D eigenvalue weighted by Crippen LogP contribution is 2.49. The summed E-state index contributed by atoms with van der Waals surface area (Å²) in [6.07, 6.45) is 5.57. The van der Waals surface area contributed by atoms with E-state index in [1.165, 1.54) is 19.3 Å². The summed E-state index contributed by atoms with van der Waals surface area (Å²) in [6.45, 7) is 1.24. The Kier molecular flexibility index (Phi) is 3.65. The van der Waals surface area contributed by atoms with Crippen molar-refractivity contribution in [1.82, 2.24) is 0 Å². The van der Waals surface area contributed by atoms with E-state index in [0.29, 0.717) is 41.3 Å². The SMILES string of the molecule is O=C(Nc1cc2c(cc1Cl)OCCCO2)C1CC2CCC1C2. The minimum Gasteiger partial charge on any atom is -0.490 e. The summed E-state index contributed by atoms with van der Waals surface area (Å²) in [7, 11) is 0. The van der Waals surface area contributed by atoms with Crippen LogP contribution in [0.2, 0.25) is 5.02 Å². The zero-order valence-electron chi connectivity index (χ0n) is 12.4. The summed E-state index contributed by atoms with van der Waals surface area (Å²) in [5.74, 6) is 2.86. The second kappa shape index (κ2) is 5.65. The van der Waals surface area contributed by atoms with Crippen molar-refractivity contribution in [2.24, 2.45) is 17.8 Å². The highest BCUT2D eigenvalue weighted by Gasteiger charge is 2.43. The number of rotatable bonds is 2. The highest BCUT2D eigenvalue weighted by atomic mass is 35.5. The summed E-state index contributed by atoms with van der Waals surface area (Å²) in [4.78, 5) is 12.6. The lowest BCUT2D eigenvalue weighted by Gasteiger charge is -2.21. The van der Waals surface area contributed by atoms with E-state index >= 15 is 0 Å². The molecule has 2 saturated carbocycles. The van der Waals surface area contributed by atoms with Crippen molar-refractivity contribution in [2.75, 3.05) is 18.5 Å². The van der Waals surface area contributed by atoms with Crippen molar-refractivity contribution in [3.05, 3.63) is 17.2 Å². The van der Waals surface area contributed by atoms with Crippen molar-refractivity contribution in [1.29, 1.82) is 0 Å². The Balaban J connectivity index is 1.52. The third-order valence-electron chi connectivity index (χ3n) is 5.17. The number of anilines is 1. The largest absolute Gasteiger partial charge is 0.490 e. The normalized spacial score (nSPS) is 29.2. The van der Waals surface area contributed by atoms with Crippen LogP contribution in [0.4, 0.5) is 5.69 Å². The number of benzene rings is 1. The number of halogens is 1. The second-order valence-corrected chi connectivity index (χ2v) is 7.01. The molecule has 118 valence electrons. The predicted octanol–water partition coefficient (Wildman–Crippen LogP) is 3.88. The number of nitrogens with one attached hydrogen (secondary N) is 1. The molecule has 3 atom stereocenters. The molecule has 3 aliphatic rings. The van der Waals surface area contributed by atoms with Gasteiger partial charge in [-0.1, -0.05) is 18.0 Å². The van der Waals surface area contributed by atoms with Gasteiger partial charge in [-0.25, -0.2) is 0 Å². The molecule has 4 nitrogen and oxygen atoms in total. The van der Waals surface area contributed by atoms with Crippen LogP contribution in [0.5, 0.6) is 11.5 Å². The molecule has 1 N–H and O–H groups in total. The summed E-state index contributed by atoms with van der Waals surface area (Å²) >= 11 is 6.29. The molecule has 22 heavy (non-hydrogen) atoms. The van der Waals surface area contributed by atoms with Crippen LogP contribution in [0.15, 0.2) is 12.1 Å². The van der Waals surface area contributed by atoms with E-state index in [0.717, 1.165) is 18.8 Å². The Bertz CT molecular complexity index is 604. The topological polar surface area (TPSA) is 47.6 Å². The minimum absolute atomic E-state index is 0.101. The maximum absolute atomic E-state index is 12.6. The molecule has 1 aliphatic heterocycles. The molecule has 2 fully saturated rings. The van der Waals surface area contributed by atoms with Gasteiger partial charge in [0, 0.05) is 24.5 Å². The van der Waals surface area contributed by atoms with Crippen LogP contribution in [0.25, 0.3) is 0 Å². The Morgan fingerprint density at radius 2 is 1.91 bits per heavy atom. The summed E-state index contributed by atoms with van der Waals surface area (Å²) in [6, 6.07) is 3.52. The average molecular weight is 322 g/mol. The van der Waals surface area contributed by atoms with Crippen LogP contribution in [-0.2, 0) is 4.79 Å². The second-order valence-electron chi connectivity index (χ2n) is 6.60. The number of hydrogen-bond donors (Lipinski definition) is 1. The van der Waals surface area contributed by atoms with Crippen molar-refractivity contribution in [2.45, 2.75) is 32.1 Å². The van der Waals surface area contributed by atoms with Gasteiger partial charge in [-0.15, -0.1) is 0 Å². The van der Waals surface area contributed by atoms with Crippen LogP contribution in [-0.4, -0.2) is 19.1 Å². The van der Waals surface area contributed by atoms with E-state index < -0.39 is 0 Å². The van der Waals surface area contributed by atoms with E-state index in [4.69, 9.17) is 21.1 Å². The van der Waals surface area contributed by atoms with Gasteiger partial charge in [0.15, 0.2) is 11.5 Å². The zero-order valence-corrected chi connectivity index (χ0v) is 13.2. The fourth-order valence-corrected chi connectivity index (χ4v) is 4.27. The lowest BCUT2D eigenvalue weighted by molar-refractivity contribution is -0.121. The average Bonchev–Trinajstić information content (AvgIpc) is 3.07. The van der Waals surface area contributed by atoms with Gasteiger partial charge in [0.2, 0.25) is 5.91 Å². The molecule has 1 amide bonds. The van der Waals surface area contributed by atoms with Gasteiger partial charge in [-0.05, 0) is 31.1 Å². The smallest absolute Gasteiger partial charge is 0.227 e. The molecule has 2 bridgehead atoms. The van der Waals surface area contributed by atoms with Crippen molar-refractivity contribution < 1.29 is 14.3 Å². The lowest BCUT2D eigenvalue weighted by Crippen LogP contribution is -2.27. The molecule has 0 radical (unpaired) electrons. The summed E-state index contributed by atoms with van der Waals surface area (Å²) in [5.41, 5.74) is 0.624. The van der Waals surface area contributed by atoms with Gasteiger partial charge in [0.25, 0.3) is 0 Å². The number of carbonyl (C=O) groups excluding carboxylic acids is 1. The Hall–Kier alpha value is -1.42. The van der Waals surface area contributed by atoms with E-state index in [9.17, 15) is 4.79 Å². The summed E-state index contributed by atoms with van der Waals surface area (Å²) < 4.78 is 11.3. The number of carbonyl (C=O) groups is 1. The van der Waals surface area contributed by atoms with Gasteiger partial charge in [0.05, 0.1) is 23.9 Å². The van der Waals surface area contributed by atoms with Gasteiger partial charge < -0.3 is 14.8 Å². The van der Waals surface area contributed by atoms with Gasteiger partial charge in [-0.3, -0.25) is 4.79 Å². The quantitative estimate of drug-likeness (QED) is 0.899. The molecule has 4 rings (SSSR count). The molecule has 1 heterocycles. The van der Waals surface area contributed by atoms with Crippen LogP contribution in [0.3, 0.4) is 0 Å². The van der Waals surface area contributed by atoms with E-state index in [1.54, 1.807) is 12.1 Å². The number of amides is 1. The molecule has 0 aromatic heterocycles. The maximum atomic E-state index is 12.6. The molecule has 1 aromatic rings. The Labute approximate surface area is 135 Å². The fourth-order valence-electron chi connectivity index (χ4n) is 4.07. The highest BCUT2D eigenvalue weighted by molar-refractivity contribution is 6.34. The monoisotopic (exact) mass is 321 g/mol. The minimum atomic E-state index is 0.101. The zero-order chi connectivity index (χ0) is 15.1. The van der Waals surface area contributed by atoms with Crippen LogP contribution < -0.4 is 14.8 Å². The summed E-state index contributed by atoms with van der Waals surface area (Å²) in [5, 5.41) is 3.50. The molecule has 5 heteroatoms. The lowest BCUT2D eigenvalue weighted by atomic mass is 9.88. The fraction of sp³-hybridized carbons (Fsp3) is 0.588. The van der Waals surface area contributed by atoms with E-state index in [1.807, 2.05) is 0 Å². The van der Waals surface area contributed by atoms with Crippen molar-refractivity contribution in [3.63, 3.8) is 0 Å². The Morgan fingerprint density at radius 1 is 1.14 bits per heavy atom. The van der Waals surface area contributed by atoms with Gasteiger partial charge in [0.1, 0.15) is 0 Å². The first-order chi connectivity index (χ1) is 10.7. The van der Waals surface area contributed by atoms with Crippen LogP contribution >= 0.6 is 11.6 Å². The van der Waals surface area contributed by atoms with Crippen molar-refractivity contribution >= 4 is 23.2 Å². The van der Waals surface area contributed by atoms with Crippen molar-refractivity contribution in [3.8, 4) is 11.5 Å². The van der Waals surface area contributed by atoms with Gasteiger partial charge in [-0.2, -0.15) is 0 Å². The standard InChI is InChI=1S/C17H20ClNO3/c18-13-8-15-16(22-5-1-4-21-15)9-14(13)19-17(20)12-7-10-2-3-11(12)6-10/h8-12H,1-7H2,(H,19,20). The van der Waals surface area contributed by atoms with Crippen LogP contribution in [0.1, 0.15) is 32.1 Å². The molecule has 1 aromatic carbocycles. The first kappa shape index (κ1) is 14.2. The molecular weight excluding hydrogens is 302 g/mol. The molecule has 0 saturated heterocycles. The Morgan fingerprint density at radius 3 is 2.59 bits per heavy atom. The molecular formula is C17H20ClNO3. The van der Waals surface area contributed by atoms with Crippen LogP contribution in [0, 0.1) is 17.8 Å².